The summed E-state index contributed by atoms with van der Waals surface area (Å²) in [6.07, 6.45) is 0.883. The number of rotatable bonds is 8. The van der Waals surface area contributed by atoms with E-state index >= 15 is 0 Å². The van der Waals surface area contributed by atoms with E-state index in [4.69, 9.17) is 9.84 Å². The van der Waals surface area contributed by atoms with E-state index in [2.05, 4.69) is 13.8 Å². The average Bonchev–Trinajstić information content (AvgIpc) is 2.38. The van der Waals surface area contributed by atoms with Gasteiger partial charge in [0.1, 0.15) is 0 Å². The number of ether oxygens (including phenoxy) is 1. The molecule has 0 heterocycles. The maximum Gasteiger partial charge on any atom is 0.335 e. The van der Waals surface area contributed by atoms with E-state index in [1.165, 1.54) is 24.3 Å². The number of carboxylic acids is 1. The van der Waals surface area contributed by atoms with Crippen LogP contribution in [0.25, 0.3) is 0 Å². The Hall–Kier alpha value is -1.40. The minimum absolute atomic E-state index is 0.0184. The van der Waals surface area contributed by atoms with Crippen LogP contribution in [0.3, 0.4) is 0 Å². The zero-order valence-electron chi connectivity index (χ0n) is 11.7. The smallest absolute Gasteiger partial charge is 0.335 e. The molecule has 0 bridgehead atoms. The lowest BCUT2D eigenvalue weighted by molar-refractivity contribution is 0.0696. The first-order chi connectivity index (χ1) is 9.33. The van der Waals surface area contributed by atoms with E-state index in [1.807, 2.05) is 0 Å². The van der Waals surface area contributed by atoms with Crippen LogP contribution in [0.4, 0.5) is 0 Å². The summed E-state index contributed by atoms with van der Waals surface area (Å²) in [7, 11) is -3.51. The first-order valence-electron chi connectivity index (χ1n) is 6.47. The van der Waals surface area contributed by atoms with Crippen LogP contribution in [0.2, 0.25) is 0 Å². The number of hydrogen-bond acceptors (Lipinski definition) is 4. The number of carboxylic acid groups (broad SMARTS) is 1. The summed E-state index contributed by atoms with van der Waals surface area (Å²) in [6.45, 7) is 4.78. The number of benzene rings is 1. The second-order valence-corrected chi connectivity index (χ2v) is 7.06. The Bertz CT molecular complexity index is 548. The highest BCUT2D eigenvalue weighted by Crippen LogP contribution is 2.13. The van der Waals surface area contributed by atoms with Crippen molar-refractivity contribution in [2.45, 2.75) is 25.2 Å². The Morgan fingerprint density at radius 2 is 2.00 bits per heavy atom. The summed E-state index contributed by atoms with van der Waals surface area (Å²) in [6, 6.07) is 5.36. The molecule has 20 heavy (non-hydrogen) atoms. The van der Waals surface area contributed by atoms with Crippen molar-refractivity contribution in [2.24, 2.45) is 5.92 Å². The fraction of sp³-hybridized carbons (Fsp3) is 0.500. The molecule has 0 spiro atoms. The minimum atomic E-state index is -3.51. The molecule has 0 aromatic heterocycles. The molecule has 0 aliphatic rings. The zero-order chi connectivity index (χ0) is 15.2. The Morgan fingerprint density at radius 3 is 2.60 bits per heavy atom. The molecule has 0 atom stereocenters. The lowest BCUT2D eigenvalue weighted by Gasteiger charge is -2.08. The van der Waals surface area contributed by atoms with Gasteiger partial charge >= 0.3 is 5.97 Å². The number of aromatic carboxylic acids is 1. The lowest BCUT2D eigenvalue weighted by atomic mass is 10.1. The van der Waals surface area contributed by atoms with Crippen molar-refractivity contribution in [3.05, 3.63) is 29.8 Å². The maximum atomic E-state index is 12.0. The van der Waals surface area contributed by atoms with E-state index in [-0.39, 0.29) is 22.8 Å². The molecule has 112 valence electrons. The summed E-state index contributed by atoms with van der Waals surface area (Å²) >= 11 is 0. The molecule has 0 unspecified atom stereocenters. The Labute approximate surface area is 119 Å². The third kappa shape index (κ3) is 5.30. The van der Waals surface area contributed by atoms with E-state index < -0.39 is 15.8 Å². The highest BCUT2D eigenvalue weighted by atomic mass is 32.2. The second-order valence-electron chi connectivity index (χ2n) is 4.95. The van der Waals surface area contributed by atoms with E-state index in [1.54, 1.807) is 0 Å². The fourth-order valence-electron chi connectivity index (χ4n) is 1.53. The third-order valence-corrected chi connectivity index (χ3v) is 4.45. The van der Waals surface area contributed by atoms with Gasteiger partial charge in [-0.1, -0.05) is 19.9 Å². The van der Waals surface area contributed by atoms with Crippen LogP contribution >= 0.6 is 0 Å². The molecule has 0 aliphatic heterocycles. The van der Waals surface area contributed by atoms with Crippen LogP contribution in [0.15, 0.2) is 29.2 Å². The van der Waals surface area contributed by atoms with Crippen LogP contribution in [-0.4, -0.2) is 38.5 Å². The summed E-state index contributed by atoms with van der Waals surface area (Å²) in [5, 5.41) is 8.85. The molecule has 1 N–H and O–H groups in total. The van der Waals surface area contributed by atoms with E-state index in [9.17, 15) is 13.2 Å². The molecule has 0 radical (unpaired) electrons. The van der Waals surface area contributed by atoms with Gasteiger partial charge in [0.15, 0.2) is 9.84 Å². The van der Waals surface area contributed by atoms with Gasteiger partial charge in [0.25, 0.3) is 0 Å². The molecule has 1 aromatic rings. The first-order valence-corrected chi connectivity index (χ1v) is 8.12. The molecule has 0 saturated carbocycles. The number of sulfone groups is 1. The van der Waals surface area contributed by atoms with Crippen molar-refractivity contribution in [3.8, 4) is 0 Å². The van der Waals surface area contributed by atoms with Crippen LogP contribution in [-0.2, 0) is 14.6 Å². The summed E-state index contributed by atoms with van der Waals surface area (Å²) in [5.74, 6) is -0.775. The Kier molecular flexibility index (Phi) is 6.16. The highest BCUT2D eigenvalue weighted by molar-refractivity contribution is 7.91. The molecule has 0 fully saturated rings. The van der Waals surface area contributed by atoms with Crippen LogP contribution < -0.4 is 0 Å². The highest BCUT2D eigenvalue weighted by Gasteiger charge is 2.16. The molecular formula is C14H20O5S. The lowest BCUT2D eigenvalue weighted by Crippen LogP contribution is -2.14. The van der Waals surface area contributed by atoms with Gasteiger partial charge in [0.2, 0.25) is 0 Å². The van der Waals surface area contributed by atoms with Gasteiger partial charge in [0.05, 0.1) is 22.8 Å². The standard InChI is InChI=1S/C14H20O5S/c1-11(2)6-7-19-8-9-20(17,18)13-5-3-4-12(10-13)14(15)16/h3-5,10-11H,6-9H2,1-2H3,(H,15,16). The zero-order valence-corrected chi connectivity index (χ0v) is 12.5. The fourth-order valence-corrected chi connectivity index (χ4v) is 2.70. The van der Waals surface area contributed by atoms with Gasteiger partial charge in [-0.2, -0.15) is 0 Å². The minimum Gasteiger partial charge on any atom is -0.478 e. The largest absolute Gasteiger partial charge is 0.478 e. The van der Waals surface area contributed by atoms with Crippen molar-refractivity contribution in [1.82, 2.24) is 0 Å². The molecule has 0 amide bonds. The molecular weight excluding hydrogens is 280 g/mol. The van der Waals surface area contributed by atoms with Gasteiger partial charge in [-0.05, 0) is 30.5 Å². The van der Waals surface area contributed by atoms with Crippen LogP contribution in [0, 0.1) is 5.92 Å². The first kappa shape index (κ1) is 16.7. The normalized spacial score (nSPS) is 11.8. The predicted octanol–water partition coefficient (Wildman–Crippen LogP) is 2.22. The Morgan fingerprint density at radius 1 is 1.30 bits per heavy atom. The predicted molar refractivity (Wildman–Crippen MR) is 75.7 cm³/mol. The van der Waals surface area contributed by atoms with Crippen molar-refractivity contribution < 1.29 is 23.1 Å². The maximum absolute atomic E-state index is 12.0. The van der Waals surface area contributed by atoms with Gasteiger partial charge in [-0.25, -0.2) is 13.2 Å². The summed E-state index contributed by atoms with van der Waals surface area (Å²) in [5.41, 5.74) is -0.0354. The third-order valence-electron chi connectivity index (χ3n) is 2.78. The van der Waals surface area contributed by atoms with E-state index in [0.717, 1.165) is 6.42 Å². The van der Waals surface area contributed by atoms with Crippen LogP contribution in [0.5, 0.6) is 0 Å². The second kappa shape index (κ2) is 7.40. The quantitative estimate of drug-likeness (QED) is 0.745. The molecule has 1 aromatic carbocycles. The van der Waals surface area contributed by atoms with E-state index in [0.29, 0.717) is 12.5 Å². The number of hydrogen-bond donors (Lipinski definition) is 1. The van der Waals surface area contributed by atoms with Crippen LogP contribution in [0.1, 0.15) is 30.6 Å². The summed E-state index contributed by atoms with van der Waals surface area (Å²) < 4.78 is 29.3. The summed E-state index contributed by atoms with van der Waals surface area (Å²) in [4.78, 5) is 10.8. The van der Waals surface area contributed by atoms with Gasteiger partial charge in [0, 0.05) is 6.61 Å². The van der Waals surface area contributed by atoms with Crippen molar-refractivity contribution >= 4 is 15.8 Å². The van der Waals surface area contributed by atoms with Crippen molar-refractivity contribution in [2.75, 3.05) is 19.0 Å². The molecule has 0 aliphatic carbocycles. The SMILES string of the molecule is CC(C)CCOCCS(=O)(=O)c1cccc(C(=O)O)c1. The van der Waals surface area contributed by atoms with Crippen molar-refractivity contribution in [3.63, 3.8) is 0 Å². The van der Waals surface area contributed by atoms with Crippen molar-refractivity contribution in [1.29, 1.82) is 0 Å². The topological polar surface area (TPSA) is 80.7 Å². The number of carbonyl (C=O) groups is 1. The Balaban J connectivity index is 2.60. The van der Waals surface area contributed by atoms with Gasteiger partial charge < -0.3 is 9.84 Å². The molecule has 5 nitrogen and oxygen atoms in total. The molecule has 0 saturated heterocycles. The molecule has 6 heteroatoms. The van der Waals surface area contributed by atoms with Gasteiger partial charge in [-0.15, -0.1) is 0 Å². The monoisotopic (exact) mass is 300 g/mol. The molecule has 1 rings (SSSR count). The van der Waals surface area contributed by atoms with Gasteiger partial charge in [-0.3, -0.25) is 0 Å². The average molecular weight is 300 g/mol.